The zero-order valence-corrected chi connectivity index (χ0v) is 13.7. The molecule has 4 rings (SSSR count). The Morgan fingerprint density at radius 2 is 2.12 bits per heavy atom. The van der Waals surface area contributed by atoms with Crippen LogP contribution in [0.5, 0.6) is 11.8 Å². The van der Waals surface area contributed by atoms with Crippen molar-refractivity contribution >= 4 is 6.09 Å². The molecule has 3 aliphatic carbocycles. The topological polar surface area (TPSA) is 93.6 Å². The van der Waals surface area contributed by atoms with E-state index < -0.39 is 11.6 Å². The lowest BCUT2D eigenvalue weighted by atomic mass is 9.77. The first-order valence-electron chi connectivity index (χ1n) is 8.78. The van der Waals surface area contributed by atoms with Gasteiger partial charge in [-0.05, 0) is 50.9 Å². The van der Waals surface area contributed by atoms with Crippen molar-refractivity contribution in [1.29, 1.82) is 0 Å². The van der Waals surface area contributed by atoms with Crippen LogP contribution in [0.2, 0.25) is 0 Å². The summed E-state index contributed by atoms with van der Waals surface area (Å²) < 4.78 is 11.1. The summed E-state index contributed by atoms with van der Waals surface area (Å²) in [4.78, 5) is 20.8. The fraction of sp³-hybridized carbons (Fsp3) is 0.706. The zero-order chi connectivity index (χ0) is 16.6. The van der Waals surface area contributed by atoms with E-state index in [9.17, 15) is 9.90 Å². The normalized spacial score (nSPS) is 21.7. The molecule has 3 fully saturated rings. The van der Waals surface area contributed by atoms with Crippen molar-refractivity contribution in [1.82, 2.24) is 15.3 Å². The van der Waals surface area contributed by atoms with E-state index in [2.05, 4.69) is 15.3 Å². The molecule has 1 heterocycles. The second-order valence-corrected chi connectivity index (χ2v) is 7.23. The Bertz CT molecular complexity index is 619. The maximum atomic E-state index is 12.0. The Hall–Kier alpha value is -1.89. The van der Waals surface area contributed by atoms with Crippen molar-refractivity contribution in [3.8, 4) is 11.8 Å². The summed E-state index contributed by atoms with van der Waals surface area (Å²) in [5.74, 6) is 1.67. The van der Waals surface area contributed by atoms with E-state index in [1.807, 2.05) is 0 Å². The van der Waals surface area contributed by atoms with Gasteiger partial charge in [0.05, 0.1) is 24.9 Å². The summed E-state index contributed by atoms with van der Waals surface area (Å²) in [5, 5.41) is 12.1. The molecular weight excluding hydrogens is 310 g/mol. The van der Waals surface area contributed by atoms with Gasteiger partial charge >= 0.3 is 6.09 Å². The molecule has 0 aromatic carbocycles. The average Bonchev–Trinajstić information content (AvgIpc) is 3.43. The van der Waals surface area contributed by atoms with Gasteiger partial charge in [0.1, 0.15) is 5.69 Å². The third kappa shape index (κ3) is 3.45. The Morgan fingerprint density at radius 3 is 2.71 bits per heavy atom. The van der Waals surface area contributed by atoms with Crippen LogP contribution in [-0.4, -0.2) is 39.9 Å². The van der Waals surface area contributed by atoms with Gasteiger partial charge in [-0.1, -0.05) is 0 Å². The minimum Gasteiger partial charge on any atom is -0.476 e. The Morgan fingerprint density at radius 1 is 1.33 bits per heavy atom. The highest BCUT2D eigenvalue weighted by Crippen LogP contribution is 2.43. The predicted molar refractivity (Wildman–Crippen MR) is 85.1 cm³/mol. The molecule has 1 amide bonds. The quantitative estimate of drug-likeness (QED) is 0.794. The molecule has 3 aliphatic rings. The van der Waals surface area contributed by atoms with Crippen LogP contribution in [-0.2, 0) is 0 Å². The summed E-state index contributed by atoms with van der Waals surface area (Å²) in [6.07, 6.45) is 8.01. The van der Waals surface area contributed by atoms with Crippen LogP contribution in [0.4, 0.5) is 4.79 Å². The number of hydrogen-bond donors (Lipinski definition) is 2. The summed E-state index contributed by atoms with van der Waals surface area (Å²) in [6, 6.07) is 0. The van der Waals surface area contributed by atoms with Gasteiger partial charge in [0.2, 0.25) is 11.8 Å². The van der Waals surface area contributed by atoms with E-state index in [0.717, 1.165) is 37.8 Å². The van der Waals surface area contributed by atoms with Crippen LogP contribution in [0.25, 0.3) is 0 Å². The van der Waals surface area contributed by atoms with Crippen LogP contribution < -0.4 is 14.8 Å². The molecule has 0 atom stereocenters. The molecule has 24 heavy (non-hydrogen) atoms. The lowest BCUT2D eigenvalue weighted by Crippen LogP contribution is -2.56. The van der Waals surface area contributed by atoms with Gasteiger partial charge in [0.25, 0.3) is 0 Å². The number of rotatable bonds is 7. The van der Waals surface area contributed by atoms with Gasteiger partial charge in [-0.15, -0.1) is 0 Å². The third-order valence-electron chi connectivity index (χ3n) is 5.04. The number of aliphatic hydroxyl groups is 1. The van der Waals surface area contributed by atoms with Crippen molar-refractivity contribution in [2.75, 3.05) is 13.2 Å². The molecule has 3 saturated carbocycles. The number of amides is 1. The van der Waals surface area contributed by atoms with Crippen LogP contribution in [0.3, 0.4) is 0 Å². The molecule has 0 spiro atoms. The van der Waals surface area contributed by atoms with Crippen molar-refractivity contribution in [3.05, 3.63) is 11.9 Å². The lowest BCUT2D eigenvalue weighted by molar-refractivity contribution is 0.0856. The fourth-order valence-electron chi connectivity index (χ4n) is 2.90. The molecule has 7 heteroatoms. The van der Waals surface area contributed by atoms with Gasteiger partial charge in [0, 0.05) is 5.92 Å². The third-order valence-corrected chi connectivity index (χ3v) is 5.04. The number of aromatic nitrogens is 2. The number of aliphatic hydroxyl groups excluding tert-OH is 1. The van der Waals surface area contributed by atoms with Crippen molar-refractivity contribution in [2.24, 2.45) is 5.92 Å². The van der Waals surface area contributed by atoms with Crippen molar-refractivity contribution in [3.63, 3.8) is 0 Å². The highest BCUT2D eigenvalue weighted by atomic mass is 16.6. The summed E-state index contributed by atoms with van der Waals surface area (Å²) in [5.41, 5.74) is 0.332. The number of nitrogens with one attached hydrogen (secondary N) is 1. The van der Waals surface area contributed by atoms with Crippen LogP contribution >= 0.6 is 0 Å². The first-order chi connectivity index (χ1) is 11.7. The largest absolute Gasteiger partial charge is 0.476 e. The Balaban J connectivity index is 1.42. The van der Waals surface area contributed by atoms with E-state index in [0.29, 0.717) is 24.3 Å². The van der Waals surface area contributed by atoms with Crippen LogP contribution in [0.15, 0.2) is 6.20 Å². The van der Waals surface area contributed by atoms with Gasteiger partial charge in [-0.3, -0.25) is 0 Å². The molecule has 0 aliphatic heterocycles. The first-order valence-corrected chi connectivity index (χ1v) is 8.78. The number of hydrogen-bond acceptors (Lipinski definition) is 6. The Kier molecular flexibility index (Phi) is 4.04. The van der Waals surface area contributed by atoms with E-state index in [1.165, 1.54) is 19.0 Å². The lowest BCUT2D eigenvalue weighted by Gasteiger charge is -2.40. The number of carbonyl (C=O) groups excluding carboxylic acids is 1. The van der Waals surface area contributed by atoms with Gasteiger partial charge in [-0.2, -0.15) is 4.98 Å². The summed E-state index contributed by atoms with van der Waals surface area (Å²) in [7, 11) is 0. The second kappa shape index (κ2) is 6.20. The van der Waals surface area contributed by atoms with E-state index in [1.54, 1.807) is 0 Å². The van der Waals surface area contributed by atoms with E-state index in [4.69, 9.17) is 9.47 Å². The molecule has 0 bridgehead atoms. The van der Waals surface area contributed by atoms with E-state index >= 15 is 0 Å². The minimum absolute atomic E-state index is 0.0792. The monoisotopic (exact) mass is 333 g/mol. The van der Waals surface area contributed by atoms with Gasteiger partial charge in [0.15, 0.2) is 0 Å². The van der Waals surface area contributed by atoms with E-state index in [-0.39, 0.29) is 12.5 Å². The van der Waals surface area contributed by atoms with Crippen molar-refractivity contribution in [2.45, 2.75) is 56.4 Å². The average molecular weight is 333 g/mol. The number of carbonyl (C=O) groups is 1. The fourth-order valence-corrected chi connectivity index (χ4v) is 2.90. The first kappa shape index (κ1) is 15.6. The smallest absolute Gasteiger partial charge is 0.414 e. The van der Waals surface area contributed by atoms with Crippen molar-refractivity contribution < 1.29 is 19.4 Å². The SMILES string of the molecule is O=C(NC1(CO)CCC1)Oc1cnc(C2CC2)c(OCC2CC2)n1. The molecule has 1 aromatic heterocycles. The summed E-state index contributed by atoms with van der Waals surface area (Å²) >= 11 is 0. The molecule has 0 radical (unpaired) electrons. The number of ether oxygens (including phenoxy) is 2. The Labute approximate surface area is 140 Å². The molecule has 2 N–H and O–H groups in total. The second-order valence-electron chi connectivity index (χ2n) is 7.23. The van der Waals surface area contributed by atoms with Gasteiger partial charge in [-0.25, -0.2) is 9.78 Å². The molecule has 130 valence electrons. The molecule has 0 saturated heterocycles. The maximum Gasteiger partial charge on any atom is 0.414 e. The van der Waals surface area contributed by atoms with Crippen LogP contribution in [0.1, 0.15) is 56.6 Å². The zero-order valence-electron chi connectivity index (χ0n) is 13.7. The standard InChI is InChI=1S/C17H23N3O4/c21-10-17(6-1-7-17)20-16(22)24-13-8-18-14(12-4-5-12)15(19-13)23-9-11-2-3-11/h8,11-12,21H,1-7,9-10H2,(H,20,22). The molecule has 1 aromatic rings. The maximum absolute atomic E-state index is 12.0. The molecule has 0 unspecified atom stereocenters. The highest BCUT2D eigenvalue weighted by Gasteiger charge is 2.38. The molecular formula is C17H23N3O4. The van der Waals surface area contributed by atoms with Gasteiger partial charge < -0.3 is 19.9 Å². The number of nitrogens with zero attached hydrogens (tertiary/aromatic N) is 2. The predicted octanol–water partition coefficient (Wildman–Crippen LogP) is 2.15. The molecule has 7 nitrogen and oxygen atoms in total. The summed E-state index contributed by atoms with van der Waals surface area (Å²) in [6.45, 7) is 0.571. The highest BCUT2D eigenvalue weighted by molar-refractivity contribution is 5.71. The van der Waals surface area contributed by atoms with Crippen LogP contribution in [0, 0.1) is 5.92 Å². The minimum atomic E-state index is -0.606.